The molecule has 3 rings (SSSR count). The van der Waals surface area contributed by atoms with Gasteiger partial charge in [0.25, 0.3) is 11.5 Å². The van der Waals surface area contributed by atoms with Gasteiger partial charge in [0, 0.05) is 25.9 Å². The zero-order chi connectivity index (χ0) is 19.0. The zero-order valence-electron chi connectivity index (χ0n) is 14.9. The fourth-order valence-corrected chi connectivity index (χ4v) is 2.60. The maximum Gasteiger partial charge on any atom is 0.332 e. The van der Waals surface area contributed by atoms with Crippen molar-refractivity contribution >= 4 is 11.7 Å². The van der Waals surface area contributed by atoms with E-state index in [2.05, 4.69) is 10.4 Å². The van der Waals surface area contributed by atoms with Gasteiger partial charge in [-0.05, 0) is 32.0 Å². The van der Waals surface area contributed by atoms with E-state index in [-0.39, 0.29) is 11.6 Å². The van der Waals surface area contributed by atoms with Crippen molar-refractivity contribution in [2.75, 3.05) is 5.32 Å². The Morgan fingerprint density at radius 1 is 1.15 bits per heavy atom. The van der Waals surface area contributed by atoms with E-state index < -0.39 is 17.2 Å². The van der Waals surface area contributed by atoms with Crippen molar-refractivity contribution in [3.05, 3.63) is 68.0 Å². The lowest BCUT2D eigenvalue weighted by atomic mass is 10.4. The topological polar surface area (TPSA) is 104 Å². The minimum atomic E-state index is -0.548. The Kier molecular flexibility index (Phi) is 4.37. The highest BCUT2D eigenvalue weighted by atomic mass is 16.4. The van der Waals surface area contributed by atoms with Crippen LogP contribution in [-0.4, -0.2) is 24.8 Å². The van der Waals surface area contributed by atoms with Crippen LogP contribution < -0.4 is 16.6 Å². The van der Waals surface area contributed by atoms with Crippen LogP contribution in [0.5, 0.6) is 0 Å². The van der Waals surface area contributed by atoms with Crippen LogP contribution >= 0.6 is 0 Å². The van der Waals surface area contributed by atoms with Gasteiger partial charge in [0.2, 0.25) is 0 Å². The minimum Gasteiger partial charge on any atom is -0.454 e. The van der Waals surface area contributed by atoms with Crippen LogP contribution in [0.1, 0.15) is 27.7 Å². The number of amides is 1. The Morgan fingerprint density at radius 3 is 2.54 bits per heavy atom. The van der Waals surface area contributed by atoms with Crippen LogP contribution in [0.4, 0.5) is 5.82 Å². The molecule has 0 aliphatic carbocycles. The van der Waals surface area contributed by atoms with Crippen LogP contribution in [0.15, 0.2) is 38.3 Å². The van der Waals surface area contributed by atoms with Crippen molar-refractivity contribution in [2.24, 2.45) is 14.1 Å². The molecule has 136 valence electrons. The van der Waals surface area contributed by atoms with Gasteiger partial charge in [0.15, 0.2) is 5.76 Å². The number of carbonyl (C=O) groups excluding carboxylic acids is 1. The average molecular weight is 357 g/mol. The molecule has 0 spiro atoms. The molecule has 0 unspecified atom stereocenters. The van der Waals surface area contributed by atoms with Gasteiger partial charge in [-0.25, -0.2) is 4.79 Å². The summed E-state index contributed by atoms with van der Waals surface area (Å²) < 4.78 is 9.48. The van der Waals surface area contributed by atoms with Crippen LogP contribution in [0, 0.1) is 13.8 Å². The van der Waals surface area contributed by atoms with Gasteiger partial charge in [-0.15, -0.1) is 0 Å². The van der Waals surface area contributed by atoms with Crippen molar-refractivity contribution in [1.29, 1.82) is 0 Å². The highest BCUT2D eigenvalue weighted by molar-refractivity contribution is 6.01. The number of aryl methyl sites for hydroxylation is 2. The summed E-state index contributed by atoms with van der Waals surface area (Å²) in [7, 11) is 2.84. The standard InChI is InChI=1S/C17H19N5O4/c1-10-7-11(2)22(19-10)9-12-5-6-13(26-12)16(24)18-14-8-15(23)21(4)17(25)20(14)3/h5-8H,9H2,1-4H3,(H,18,24). The molecule has 1 N–H and O–H groups in total. The fourth-order valence-electron chi connectivity index (χ4n) is 2.60. The molecule has 3 heterocycles. The molecule has 0 atom stereocenters. The normalized spacial score (nSPS) is 10.9. The lowest BCUT2D eigenvalue weighted by Crippen LogP contribution is -2.38. The smallest absolute Gasteiger partial charge is 0.332 e. The molecule has 0 saturated carbocycles. The second-order valence-corrected chi connectivity index (χ2v) is 6.07. The summed E-state index contributed by atoms with van der Waals surface area (Å²) in [6.07, 6.45) is 0. The summed E-state index contributed by atoms with van der Waals surface area (Å²) in [6.45, 7) is 4.24. The Balaban J connectivity index is 1.80. The third kappa shape index (κ3) is 3.23. The Labute approximate surface area is 148 Å². The van der Waals surface area contributed by atoms with Crippen LogP contribution in [0.3, 0.4) is 0 Å². The molecule has 0 aliphatic heterocycles. The first-order chi connectivity index (χ1) is 12.3. The maximum absolute atomic E-state index is 12.4. The second-order valence-electron chi connectivity index (χ2n) is 6.07. The first kappa shape index (κ1) is 17.5. The molecule has 3 aromatic rings. The molecule has 0 fully saturated rings. The van der Waals surface area contributed by atoms with Crippen LogP contribution in [0.2, 0.25) is 0 Å². The molecule has 0 aromatic carbocycles. The Hall–Kier alpha value is -3.36. The predicted molar refractivity (Wildman–Crippen MR) is 94.4 cm³/mol. The molecule has 0 radical (unpaired) electrons. The number of rotatable bonds is 4. The van der Waals surface area contributed by atoms with Crippen molar-refractivity contribution in [3.63, 3.8) is 0 Å². The fraction of sp³-hybridized carbons (Fsp3) is 0.294. The average Bonchev–Trinajstić information content (AvgIpc) is 3.17. The number of furan rings is 1. The Morgan fingerprint density at radius 2 is 1.88 bits per heavy atom. The minimum absolute atomic E-state index is 0.0784. The molecule has 26 heavy (non-hydrogen) atoms. The third-order valence-corrected chi connectivity index (χ3v) is 4.06. The van der Waals surface area contributed by atoms with E-state index >= 15 is 0 Å². The number of carbonyl (C=O) groups is 1. The van der Waals surface area contributed by atoms with Crippen molar-refractivity contribution < 1.29 is 9.21 Å². The first-order valence-corrected chi connectivity index (χ1v) is 7.94. The second kappa shape index (κ2) is 6.51. The van der Waals surface area contributed by atoms with E-state index in [1.165, 1.54) is 30.8 Å². The summed E-state index contributed by atoms with van der Waals surface area (Å²) >= 11 is 0. The molecule has 1 amide bonds. The largest absolute Gasteiger partial charge is 0.454 e. The van der Waals surface area contributed by atoms with E-state index in [0.717, 1.165) is 16.0 Å². The highest BCUT2D eigenvalue weighted by Gasteiger charge is 2.15. The van der Waals surface area contributed by atoms with Crippen LogP contribution in [0.25, 0.3) is 0 Å². The molecular formula is C17H19N5O4. The van der Waals surface area contributed by atoms with Gasteiger partial charge in [-0.2, -0.15) is 5.10 Å². The Bertz CT molecular complexity index is 1100. The van der Waals surface area contributed by atoms with Crippen molar-refractivity contribution in [1.82, 2.24) is 18.9 Å². The number of nitrogens with zero attached hydrogens (tertiary/aromatic N) is 4. The van der Waals surface area contributed by atoms with E-state index in [9.17, 15) is 14.4 Å². The molecule has 9 nitrogen and oxygen atoms in total. The highest BCUT2D eigenvalue weighted by Crippen LogP contribution is 2.13. The summed E-state index contributed by atoms with van der Waals surface area (Å²) in [5.41, 5.74) is 0.851. The maximum atomic E-state index is 12.4. The quantitative estimate of drug-likeness (QED) is 0.743. The van der Waals surface area contributed by atoms with Gasteiger partial charge in [-0.3, -0.25) is 23.4 Å². The molecule has 0 bridgehead atoms. The monoisotopic (exact) mass is 357 g/mol. The van der Waals surface area contributed by atoms with Crippen LogP contribution in [-0.2, 0) is 20.6 Å². The first-order valence-electron chi connectivity index (χ1n) is 7.94. The molecule has 9 heteroatoms. The predicted octanol–water partition coefficient (Wildman–Crippen LogP) is 0.791. The van der Waals surface area contributed by atoms with Gasteiger partial charge in [0.1, 0.15) is 11.6 Å². The number of nitrogens with one attached hydrogen (secondary N) is 1. The van der Waals surface area contributed by atoms with Crippen molar-refractivity contribution in [2.45, 2.75) is 20.4 Å². The van der Waals surface area contributed by atoms with Gasteiger partial charge in [-0.1, -0.05) is 0 Å². The van der Waals surface area contributed by atoms with E-state index in [1.807, 2.05) is 19.9 Å². The van der Waals surface area contributed by atoms with E-state index in [1.54, 1.807) is 10.7 Å². The lowest BCUT2D eigenvalue weighted by molar-refractivity contribution is 0.0993. The molecule has 0 aliphatic rings. The summed E-state index contributed by atoms with van der Waals surface area (Å²) in [5, 5.41) is 6.87. The summed E-state index contributed by atoms with van der Waals surface area (Å²) in [5.74, 6) is 0.196. The van der Waals surface area contributed by atoms with E-state index in [4.69, 9.17) is 4.42 Å². The van der Waals surface area contributed by atoms with Crippen molar-refractivity contribution in [3.8, 4) is 0 Å². The van der Waals surface area contributed by atoms with Gasteiger partial charge < -0.3 is 9.73 Å². The van der Waals surface area contributed by atoms with Gasteiger partial charge >= 0.3 is 5.69 Å². The number of anilines is 1. The summed E-state index contributed by atoms with van der Waals surface area (Å²) in [4.78, 5) is 36.0. The number of hydrogen-bond donors (Lipinski definition) is 1. The number of hydrogen-bond acceptors (Lipinski definition) is 5. The third-order valence-electron chi connectivity index (χ3n) is 4.06. The zero-order valence-corrected chi connectivity index (χ0v) is 14.9. The summed E-state index contributed by atoms with van der Waals surface area (Å²) in [6, 6.07) is 6.36. The molecular weight excluding hydrogens is 338 g/mol. The van der Waals surface area contributed by atoms with Gasteiger partial charge in [0.05, 0.1) is 12.2 Å². The molecule has 3 aromatic heterocycles. The molecule has 0 saturated heterocycles. The number of aromatic nitrogens is 4. The lowest BCUT2D eigenvalue weighted by Gasteiger charge is -2.09. The van der Waals surface area contributed by atoms with E-state index in [0.29, 0.717) is 12.3 Å². The SMILES string of the molecule is Cc1cc(C)n(Cc2ccc(C(=O)Nc3cc(=O)n(C)c(=O)n3C)o2)n1.